The van der Waals surface area contributed by atoms with E-state index in [0.717, 1.165) is 23.5 Å². The van der Waals surface area contributed by atoms with Gasteiger partial charge < -0.3 is 10.6 Å². The van der Waals surface area contributed by atoms with Gasteiger partial charge in [-0.05, 0) is 24.6 Å². The van der Waals surface area contributed by atoms with Gasteiger partial charge in [0.1, 0.15) is 0 Å². The average Bonchev–Trinajstić information content (AvgIpc) is 2.68. The van der Waals surface area contributed by atoms with Crippen LogP contribution >= 0.6 is 0 Å². The van der Waals surface area contributed by atoms with Gasteiger partial charge in [-0.2, -0.15) is 5.10 Å². The van der Waals surface area contributed by atoms with Gasteiger partial charge in [-0.15, -0.1) is 0 Å². The van der Waals surface area contributed by atoms with E-state index in [0.29, 0.717) is 0 Å². The number of rotatable bonds is 3. The maximum atomic E-state index is 5.91. The van der Waals surface area contributed by atoms with Gasteiger partial charge in [0.25, 0.3) is 0 Å². The Morgan fingerprint density at radius 2 is 2.18 bits per heavy atom. The molecule has 0 radical (unpaired) electrons. The van der Waals surface area contributed by atoms with Gasteiger partial charge in [-0.3, -0.25) is 4.68 Å². The summed E-state index contributed by atoms with van der Waals surface area (Å²) in [5, 5.41) is 4.17. The van der Waals surface area contributed by atoms with Gasteiger partial charge in [0.2, 0.25) is 0 Å². The number of aryl methyl sites for hydroxylation is 1. The summed E-state index contributed by atoms with van der Waals surface area (Å²) in [6.07, 6.45) is 3.91. The van der Waals surface area contributed by atoms with E-state index < -0.39 is 0 Å². The van der Waals surface area contributed by atoms with Crippen molar-refractivity contribution >= 4 is 11.4 Å². The number of benzene rings is 1. The van der Waals surface area contributed by atoms with Crippen LogP contribution in [0, 0.1) is 6.92 Å². The predicted octanol–water partition coefficient (Wildman–Crippen LogP) is 1.95. The molecule has 17 heavy (non-hydrogen) atoms. The van der Waals surface area contributed by atoms with Crippen LogP contribution in [0.25, 0.3) is 0 Å². The van der Waals surface area contributed by atoms with Gasteiger partial charge in [-0.1, -0.05) is 6.07 Å². The van der Waals surface area contributed by atoms with Crippen LogP contribution in [0.15, 0.2) is 30.6 Å². The van der Waals surface area contributed by atoms with Crippen LogP contribution in [0.3, 0.4) is 0 Å². The molecule has 0 saturated carbocycles. The zero-order valence-corrected chi connectivity index (χ0v) is 10.5. The number of aromatic nitrogens is 2. The molecule has 2 aromatic rings. The molecule has 4 nitrogen and oxygen atoms in total. The van der Waals surface area contributed by atoms with Crippen LogP contribution in [0.1, 0.15) is 11.1 Å². The second-order valence-corrected chi connectivity index (χ2v) is 4.37. The Balaban J connectivity index is 2.20. The zero-order valence-electron chi connectivity index (χ0n) is 10.5. The number of anilines is 2. The lowest BCUT2D eigenvalue weighted by atomic mass is 10.1. The second-order valence-electron chi connectivity index (χ2n) is 4.37. The maximum Gasteiger partial charge on any atom is 0.0539 e. The van der Waals surface area contributed by atoms with Crippen molar-refractivity contribution in [3.8, 4) is 0 Å². The third-order valence-electron chi connectivity index (χ3n) is 2.94. The molecule has 2 N–H and O–H groups in total. The molecular formula is C13H18N4. The van der Waals surface area contributed by atoms with Gasteiger partial charge in [0, 0.05) is 43.8 Å². The highest BCUT2D eigenvalue weighted by molar-refractivity contribution is 5.63. The fraction of sp³-hybridized carbons (Fsp3) is 0.308. The van der Waals surface area contributed by atoms with Crippen LogP contribution in [0.4, 0.5) is 11.4 Å². The Kier molecular flexibility index (Phi) is 3.04. The molecule has 1 aromatic carbocycles. The van der Waals surface area contributed by atoms with Crippen molar-refractivity contribution in [2.24, 2.45) is 7.05 Å². The number of hydrogen-bond acceptors (Lipinski definition) is 3. The maximum absolute atomic E-state index is 5.91. The summed E-state index contributed by atoms with van der Waals surface area (Å²) in [4.78, 5) is 2.18. The molecule has 0 aliphatic rings. The molecule has 0 unspecified atom stereocenters. The molecule has 1 aromatic heterocycles. The normalized spacial score (nSPS) is 10.5. The summed E-state index contributed by atoms with van der Waals surface area (Å²) >= 11 is 0. The molecule has 0 aliphatic carbocycles. The van der Waals surface area contributed by atoms with E-state index >= 15 is 0 Å². The first kappa shape index (κ1) is 11.5. The van der Waals surface area contributed by atoms with Gasteiger partial charge in [-0.25, -0.2) is 0 Å². The highest BCUT2D eigenvalue weighted by Gasteiger charge is 2.07. The molecule has 90 valence electrons. The SMILES string of the molecule is Cc1c(N)cccc1N(C)Cc1cnn(C)c1. The number of nitrogens with two attached hydrogens (primary N) is 1. The number of nitrogens with zero attached hydrogens (tertiary/aromatic N) is 3. The third-order valence-corrected chi connectivity index (χ3v) is 2.94. The summed E-state index contributed by atoms with van der Waals surface area (Å²) in [7, 11) is 3.99. The minimum atomic E-state index is 0.831. The van der Waals surface area contributed by atoms with Crippen molar-refractivity contribution in [2.75, 3.05) is 17.7 Å². The van der Waals surface area contributed by atoms with Crippen molar-refractivity contribution < 1.29 is 0 Å². The fourth-order valence-electron chi connectivity index (χ4n) is 1.97. The smallest absolute Gasteiger partial charge is 0.0539 e. The van der Waals surface area contributed by atoms with E-state index in [1.807, 2.05) is 43.2 Å². The fourth-order valence-corrected chi connectivity index (χ4v) is 1.97. The highest BCUT2D eigenvalue weighted by Crippen LogP contribution is 2.24. The van der Waals surface area contributed by atoms with E-state index in [-0.39, 0.29) is 0 Å². The monoisotopic (exact) mass is 230 g/mol. The Labute approximate surface area is 102 Å². The summed E-state index contributed by atoms with van der Waals surface area (Å²) in [5.74, 6) is 0. The number of nitrogen functional groups attached to an aromatic ring is 1. The lowest BCUT2D eigenvalue weighted by Gasteiger charge is -2.21. The minimum absolute atomic E-state index is 0.831. The lowest BCUT2D eigenvalue weighted by molar-refractivity contribution is 0.766. The van der Waals surface area contributed by atoms with Gasteiger partial charge in [0.05, 0.1) is 6.20 Å². The van der Waals surface area contributed by atoms with Crippen LogP contribution < -0.4 is 10.6 Å². The lowest BCUT2D eigenvalue weighted by Crippen LogP contribution is -2.17. The van der Waals surface area contributed by atoms with Crippen molar-refractivity contribution in [3.05, 3.63) is 41.7 Å². The van der Waals surface area contributed by atoms with Crippen molar-refractivity contribution in [3.63, 3.8) is 0 Å². The van der Waals surface area contributed by atoms with Crippen LogP contribution in [-0.4, -0.2) is 16.8 Å². The van der Waals surface area contributed by atoms with Crippen molar-refractivity contribution in [1.82, 2.24) is 9.78 Å². The van der Waals surface area contributed by atoms with Crippen molar-refractivity contribution in [1.29, 1.82) is 0 Å². The number of hydrogen-bond donors (Lipinski definition) is 1. The topological polar surface area (TPSA) is 47.1 Å². The Hall–Kier alpha value is -1.97. The third kappa shape index (κ3) is 2.41. The standard InChI is InChI=1S/C13H18N4/c1-10-12(14)5-4-6-13(10)16(2)8-11-7-15-17(3)9-11/h4-7,9H,8,14H2,1-3H3. The molecule has 0 aliphatic heterocycles. The Morgan fingerprint density at radius 3 is 2.82 bits per heavy atom. The Morgan fingerprint density at radius 1 is 1.41 bits per heavy atom. The first-order chi connectivity index (χ1) is 8.08. The van der Waals surface area contributed by atoms with Crippen LogP contribution in [-0.2, 0) is 13.6 Å². The largest absolute Gasteiger partial charge is 0.398 e. The first-order valence-electron chi connectivity index (χ1n) is 5.61. The van der Waals surface area contributed by atoms with Crippen LogP contribution in [0.5, 0.6) is 0 Å². The molecule has 4 heteroatoms. The average molecular weight is 230 g/mol. The summed E-state index contributed by atoms with van der Waals surface area (Å²) in [5.41, 5.74) is 10.2. The second kappa shape index (κ2) is 4.49. The predicted molar refractivity (Wildman–Crippen MR) is 70.9 cm³/mol. The molecule has 0 fully saturated rings. The summed E-state index contributed by atoms with van der Waals surface area (Å²) in [6, 6.07) is 6.00. The molecule has 0 bridgehead atoms. The molecule has 2 rings (SSSR count). The molecule has 0 atom stereocenters. The summed E-state index contributed by atoms with van der Waals surface area (Å²) in [6.45, 7) is 2.88. The van der Waals surface area contributed by atoms with E-state index in [1.165, 1.54) is 5.56 Å². The van der Waals surface area contributed by atoms with E-state index in [4.69, 9.17) is 5.73 Å². The quantitative estimate of drug-likeness (QED) is 0.820. The van der Waals surface area contributed by atoms with E-state index in [9.17, 15) is 0 Å². The zero-order chi connectivity index (χ0) is 12.4. The molecule has 0 saturated heterocycles. The van der Waals surface area contributed by atoms with Crippen LogP contribution in [0.2, 0.25) is 0 Å². The van der Waals surface area contributed by atoms with E-state index in [1.54, 1.807) is 0 Å². The molecule has 0 amide bonds. The molecule has 0 spiro atoms. The Bertz CT molecular complexity index is 516. The minimum Gasteiger partial charge on any atom is -0.398 e. The van der Waals surface area contributed by atoms with Gasteiger partial charge in [0.15, 0.2) is 0 Å². The highest BCUT2D eigenvalue weighted by atomic mass is 15.2. The molecule has 1 heterocycles. The van der Waals surface area contributed by atoms with Gasteiger partial charge >= 0.3 is 0 Å². The molecular weight excluding hydrogens is 212 g/mol. The van der Waals surface area contributed by atoms with E-state index in [2.05, 4.69) is 23.1 Å². The summed E-state index contributed by atoms with van der Waals surface area (Å²) < 4.78 is 1.81. The van der Waals surface area contributed by atoms with Crippen molar-refractivity contribution in [2.45, 2.75) is 13.5 Å². The first-order valence-corrected chi connectivity index (χ1v) is 5.61.